The molecule has 144 valence electrons. The fourth-order valence-corrected chi connectivity index (χ4v) is 3.93. The Kier molecular flexibility index (Phi) is 6.89. The van der Waals surface area contributed by atoms with Crippen LogP contribution in [0.3, 0.4) is 0 Å². The SMILES string of the molecule is Cc1cc(C)c(NC(=O)CN(Cc2ccccc2)CC2CCCO2)c(Cl)c1. The van der Waals surface area contributed by atoms with Crippen LogP contribution in [-0.4, -0.2) is 36.6 Å². The van der Waals surface area contributed by atoms with Gasteiger partial charge in [0, 0.05) is 19.7 Å². The van der Waals surface area contributed by atoms with Crippen LogP contribution in [0.5, 0.6) is 0 Å². The summed E-state index contributed by atoms with van der Waals surface area (Å²) in [7, 11) is 0. The fourth-order valence-electron chi connectivity index (χ4n) is 3.56. The van der Waals surface area contributed by atoms with E-state index < -0.39 is 0 Å². The molecule has 0 aromatic heterocycles. The fraction of sp³-hybridized carbons (Fsp3) is 0.409. The molecule has 1 amide bonds. The summed E-state index contributed by atoms with van der Waals surface area (Å²) in [5.74, 6) is -0.0576. The third-order valence-electron chi connectivity index (χ3n) is 4.80. The van der Waals surface area contributed by atoms with Gasteiger partial charge in [0.25, 0.3) is 0 Å². The van der Waals surface area contributed by atoms with Crippen molar-refractivity contribution >= 4 is 23.2 Å². The number of amides is 1. The number of rotatable bonds is 7. The van der Waals surface area contributed by atoms with Gasteiger partial charge in [0.1, 0.15) is 0 Å². The molecule has 1 aliphatic heterocycles. The van der Waals surface area contributed by atoms with Crippen molar-refractivity contribution in [2.75, 3.05) is 25.0 Å². The summed E-state index contributed by atoms with van der Waals surface area (Å²) in [5, 5.41) is 3.57. The topological polar surface area (TPSA) is 41.6 Å². The van der Waals surface area contributed by atoms with Gasteiger partial charge in [-0.15, -0.1) is 0 Å². The molecule has 1 aliphatic rings. The minimum absolute atomic E-state index is 0.0576. The molecule has 3 rings (SSSR count). The second kappa shape index (κ2) is 9.36. The first-order chi connectivity index (χ1) is 13.0. The van der Waals surface area contributed by atoms with E-state index in [-0.39, 0.29) is 12.0 Å². The number of anilines is 1. The Hall–Kier alpha value is -1.88. The van der Waals surface area contributed by atoms with Crippen molar-refractivity contribution in [3.8, 4) is 0 Å². The number of ether oxygens (including phenoxy) is 1. The second-order valence-corrected chi connectivity index (χ2v) is 7.68. The van der Waals surface area contributed by atoms with Gasteiger partial charge in [-0.2, -0.15) is 0 Å². The van der Waals surface area contributed by atoms with Crippen LogP contribution in [0.4, 0.5) is 5.69 Å². The van der Waals surface area contributed by atoms with Gasteiger partial charge >= 0.3 is 0 Å². The van der Waals surface area contributed by atoms with E-state index in [4.69, 9.17) is 16.3 Å². The first kappa shape index (κ1) is 19.9. The molecule has 1 saturated heterocycles. The number of nitrogens with zero attached hydrogens (tertiary/aromatic N) is 1. The van der Waals surface area contributed by atoms with Gasteiger partial charge in [-0.25, -0.2) is 0 Å². The molecule has 1 atom stereocenters. The Bertz CT molecular complexity index is 750. The Morgan fingerprint density at radius 2 is 2.04 bits per heavy atom. The third-order valence-corrected chi connectivity index (χ3v) is 5.10. The standard InChI is InChI=1S/C22H27ClN2O2/c1-16-11-17(2)22(20(23)12-16)24-21(26)15-25(14-19-9-6-10-27-19)13-18-7-4-3-5-8-18/h3-5,7-8,11-12,19H,6,9-10,13-15H2,1-2H3,(H,24,26). The van der Waals surface area contributed by atoms with Crippen molar-refractivity contribution in [1.82, 2.24) is 4.90 Å². The van der Waals surface area contributed by atoms with Crippen LogP contribution in [0.2, 0.25) is 5.02 Å². The lowest BCUT2D eigenvalue weighted by atomic mass is 10.1. The van der Waals surface area contributed by atoms with Crippen molar-refractivity contribution in [3.63, 3.8) is 0 Å². The van der Waals surface area contributed by atoms with Crippen LogP contribution in [0.1, 0.15) is 29.5 Å². The monoisotopic (exact) mass is 386 g/mol. The number of halogens is 1. The molecule has 1 fully saturated rings. The van der Waals surface area contributed by atoms with E-state index in [1.807, 2.05) is 44.2 Å². The summed E-state index contributed by atoms with van der Waals surface area (Å²) in [4.78, 5) is 14.9. The average molecular weight is 387 g/mol. The van der Waals surface area contributed by atoms with E-state index in [1.165, 1.54) is 5.56 Å². The van der Waals surface area contributed by atoms with Crippen LogP contribution >= 0.6 is 11.6 Å². The summed E-state index contributed by atoms with van der Waals surface area (Å²) in [6.45, 7) is 6.54. The van der Waals surface area contributed by atoms with Gasteiger partial charge < -0.3 is 10.1 Å². The molecule has 27 heavy (non-hydrogen) atoms. The van der Waals surface area contributed by atoms with Gasteiger partial charge in [0.15, 0.2) is 0 Å². The van der Waals surface area contributed by atoms with E-state index in [2.05, 4.69) is 22.3 Å². The Balaban J connectivity index is 1.67. The molecule has 2 aromatic rings. The van der Waals surface area contributed by atoms with Crippen molar-refractivity contribution in [2.24, 2.45) is 0 Å². The summed E-state index contributed by atoms with van der Waals surface area (Å²) in [5.41, 5.74) is 3.94. The normalized spacial score (nSPS) is 16.7. The Morgan fingerprint density at radius 1 is 1.26 bits per heavy atom. The van der Waals surface area contributed by atoms with Crippen LogP contribution < -0.4 is 5.32 Å². The zero-order valence-corrected chi connectivity index (χ0v) is 16.8. The predicted octanol–water partition coefficient (Wildman–Crippen LogP) is 4.58. The highest BCUT2D eigenvalue weighted by molar-refractivity contribution is 6.34. The molecule has 0 spiro atoms. The number of benzene rings is 2. The smallest absolute Gasteiger partial charge is 0.238 e. The maximum Gasteiger partial charge on any atom is 0.238 e. The zero-order valence-electron chi connectivity index (χ0n) is 16.0. The van der Waals surface area contributed by atoms with Crippen LogP contribution in [0, 0.1) is 13.8 Å². The first-order valence-electron chi connectivity index (χ1n) is 9.46. The van der Waals surface area contributed by atoms with Gasteiger partial charge in [-0.05, 0) is 49.4 Å². The predicted molar refractivity (Wildman–Crippen MR) is 110 cm³/mol. The van der Waals surface area contributed by atoms with Gasteiger partial charge in [0.05, 0.1) is 23.4 Å². The summed E-state index contributed by atoms with van der Waals surface area (Å²) >= 11 is 6.33. The molecule has 0 saturated carbocycles. The quantitative estimate of drug-likeness (QED) is 0.757. The largest absolute Gasteiger partial charge is 0.377 e. The number of carbonyl (C=O) groups excluding carboxylic acids is 1. The zero-order chi connectivity index (χ0) is 19.2. The molecule has 0 radical (unpaired) electrons. The highest BCUT2D eigenvalue weighted by Crippen LogP contribution is 2.27. The molecule has 0 aliphatic carbocycles. The van der Waals surface area contributed by atoms with E-state index in [9.17, 15) is 4.79 Å². The number of aryl methyl sites for hydroxylation is 2. The molecule has 4 nitrogen and oxygen atoms in total. The third kappa shape index (κ3) is 5.80. The number of carbonyl (C=O) groups is 1. The van der Waals surface area contributed by atoms with Crippen LogP contribution in [0.15, 0.2) is 42.5 Å². The molecule has 1 heterocycles. The Labute approximate surface area is 166 Å². The molecular formula is C22H27ClN2O2. The van der Waals surface area contributed by atoms with Gasteiger partial charge in [-0.1, -0.05) is 48.0 Å². The lowest BCUT2D eigenvalue weighted by Gasteiger charge is -2.25. The lowest BCUT2D eigenvalue weighted by Crippen LogP contribution is -2.38. The number of nitrogens with one attached hydrogen (secondary N) is 1. The van der Waals surface area contributed by atoms with Crippen molar-refractivity contribution in [1.29, 1.82) is 0 Å². The van der Waals surface area contributed by atoms with Crippen molar-refractivity contribution in [2.45, 2.75) is 39.3 Å². The van der Waals surface area contributed by atoms with Crippen molar-refractivity contribution < 1.29 is 9.53 Å². The summed E-state index contributed by atoms with van der Waals surface area (Å²) in [6.07, 6.45) is 2.34. The van der Waals surface area contributed by atoms with E-state index in [0.29, 0.717) is 23.8 Å². The molecular weight excluding hydrogens is 360 g/mol. The van der Waals surface area contributed by atoms with E-state index in [0.717, 1.165) is 37.1 Å². The van der Waals surface area contributed by atoms with Crippen LogP contribution in [0.25, 0.3) is 0 Å². The minimum Gasteiger partial charge on any atom is -0.377 e. The molecule has 1 N–H and O–H groups in total. The summed E-state index contributed by atoms with van der Waals surface area (Å²) in [6, 6.07) is 14.1. The van der Waals surface area contributed by atoms with Crippen molar-refractivity contribution in [3.05, 3.63) is 64.2 Å². The number of hydrogen-bond donors (Lipinski definition) is 1. The highest BCUT2D eigenvalue weighted by atomic mass is 35.5. The van der Waals surface area contributed by atoms with Crippen LogP contribution in [-0.2, 0) is 16.1 Å². The second-order valence-electron chi connectivity index (χ2n) is 7.28. The van der Waals surface area contributed by atoms with Gasteiger partial charge in [-0.3, -0.25) is 9.69 Å². The average Bonchev–Trinajstić information content (AvgIpc) is 3.12. The minimum atomic E-state index is -0.0576. The Morgan fingerprint density at radius 3 is 2.70 bits per heavy atom. The molecule has 0 bridgehead atoms. The molecule has 1 unspecified atom stereocenters. The maximum absolute atomic E-state index is 12.7. The summed E-state index contributed by atoms with van der Waals surface area (Å²) < 4.78 is 5.78. The van der Waals surface area contributed by atoms with E-state index >= 15 is 0 Å². The highest BCUT2D eigenvalue weighted by Gasteiger charge is 2.21. The maximum atomic E-state index is 12.7. The van der Waals surface area contributed by atoms with Gasteiger partial charge in [0.2, 0.25) is 5.91 Å². The molecule has 5 heteroatoms. The van der Waals surface area contributed by atoms with E-state index in [1.54, 1.807) is 0 Å². The lowest BCUT2D eigenvalue weighted by molar-refractivity contribution is -0.117. The molecule has 2 aromatic carbocycles. The number of hydrogen-bond acceptors (Lipinski definition) is 3. The first-order valence-corrected chi connectivity index (χ1v) is 9.83.